The number of carbonyl (C=O) groups excluding carboxylic acids is 1. The smallest absolute Gasteiger partial charge is 0.233 e. The zero-order valence-electron chi connectivity index (χ0n) is 12.8. The Morgan fingerprint density at radius 2 is 2.00 bits per heavy atom. The summed E-state index contributed by atoms with van der Waals surface area (Å²) in [5.74, 6) is 0.261. The van der Waals surface area contributed by atoms with E-state index in [1.807, 2.05) is 23.1 Å². The molecular formula is C17H24Cl2N2O. The van der Waals surface area contributed by atoms with Crippen LogP contribution in [0.25, 0.3) is 0 Å². The fourth-order valence-electron chi connectivity index (χ4n) is 3.84. The summed E-state index contributed by atoms with van der Waals surface area (Å²) in [5, 5.41) is 0.711. The second-order valence-electron chi connectivity index (χ2n) is 6.45. The second kappa shape index (κ2) is 7.20. The van der Waals surface area contributed by atoms with Crippen LogP contribution < -0.4 is 5.73 Å². The lowest BCUT2D eigenvalue weighted by Crippen LogP contribution is -2.47. The van der Waals surface area contributed by atoms with Crippen molar-refractivity contribution in [3.63, 3.8) is 0 Å². The van der Waals surface area contributed by atoms with Gasteiger partial charge in [0.25, 0.3) is 0 Å². The molecule has 1 amide bonds. The maximum absolute atomic E-state index is 13.2. The molecule has 1 saturated carbocycles. The Hall–Kier alpha value is -0.770. The molecule has 1 aliphatic carbocycles. The van der Waals surface area contributed by atoms with Gasteiger partial charge in [-0.3, -0.25) is 4.79 Å². The first-order valence-electron chi connectivity index (χ1n) is 7.93. The molecular weight excluding hydrogens is 319 g/mol. The molecule has 0 unspecified atom stereocenters. The standard InChI is InChI=1S/C17H23ClN2O.ClH/c18-14-6-4-5-13(11-14)17(8-2-1-3-9-17)16(21)20-10-7-15(19)12-20;/h4-6,11,15H,1-3,7-10,12,19H2;1H/t15-;/m1./s1. The minimum Gasteiger partial charge on any atom is -0.340 e. The average Bonchev–Trinajstić information content (AvgIpc) is 2.94. The summed E-state index contributed by atoms with van der Waals surface area (Å²) in [6.07, 6.45) is 6.21. The first kappa shape index (κ1) is 17.6. The van der Waals surface area contributed by atoms with Gasteiger partial charge in [0.05, 0.1) is 5.41 Å². The highest BCUT2D eigenvalue weighted by Gasteiger charge is 2.44. The molecule has 0 bridgehead atoms. The first-order chi connectivity index (χ1) is 10.1. The largest absolute Gasteiger partial charge is 0.340 e. The van der Waals surface area contributed by atoms with Crippen LogP contribution in [0.2, 0.25) is 5.02 Å². The Labute approximate surface area is 143 Å². The maximum atomic E-state index is 13.2. The minimum absolute atomic E-state index is 0. The maximum Gasteiger partial charge on any atom is 0.233 e. The van der Waals surface area contributed by atoms with Gasteiger partial charge in [-0.25, -0.2) is 0 Å². The van der Waals surface area contributed by atoms with Gasteiger partial charge in [0.15, 0.2) is 0 Å². The quantitative estimate of drug-likeness (QED) is 0.893. The topological polar surface area (TPSA) is 46.3 Å². The van der Waals surface area contributed by atoms with Crippen LogP contribution in [0.5, 0.6) is 0 Å². The Balaban J connectivity index is 0.00000176. The Morgan fingerprint density at radius 3 is 2.59 bits per heavy atom. The number of likely N-dealkylation sites (tertiary alicyclic amines) is 1. The van der Waals surface area contributed by atoms with Crippen molar-refractivity contribution in [3.05, 3.63) is 34.9 Å². The molecule has 1 aliphatic heterocycles. The highest BCUT2D eigenvalue weighted by molar-refractivity contribution is 6.30. The van der Waals surface area contributed by atoms with Crippen molar-refractivity contribution < 1.29 is 4.79 Å². The molecule has 1 aromatic rings. The van der Waals surface area contributed by atoms with Crippen LogP contribution >= 0.6 is 24.0 Å². The fourth-order valence-corrected chi connectivity index (χ4v) is 4.03. The third-order valence-corrected chi connectivity index (χ3v) is 5.24. The number of carbonyl (C=O) groups is 1. The van der Waals surface area contributed by atoms with Crippen LogP contribution in [0, 0.1) is 0 Å². The lowest BCUT2D eigenvalue weighted by atomic mass is 9.68. The number of hydrogen-bond donors (Lipinski definition) is 1. The van der Waals surface area contributed by atoms with Crippen LogP contribution in [-0.2, 0) is 10.2 Å². The molecule has 3 rings (SSSR count). The highest BCUT2D eigenvalue weighted by atomic mass is 35.5. The summed E-state index contributed by atoms with van der Waals surface area (Å²) in [6.45, 7) is 1.49. The van der Waals surface area contributed by atoms with E-state index in [2.05, 4.69) is 6.07 Å². The van der Waals surface area contributed by atoms with E-state index < -0.39 is 0 Å². The van der Waals surface area contributed by atoms with Crippen molar-refractivity contribution in [2.45, 2.75) is 50.0 Å². The molecule has 2 aliphatic rings. The molecule has 2 fully saturated rings. The number of halogens is 2. The zero-order valence-corrected chi connectivity index (χ0v) is 14.3. The average molecular weight is 343 g/mol. The van der Waals surface area contributed by atoms with E-state index in [0.29, 0.717) is 11.6 Å². The van der Waals surface area contributed by atoms with Gasteiger partial charge in [-0.05, 0) is 37.0 Å². The minimum atomic E-state index is -0.382. The van der Waals surface area contributed by atoms with Gasteiger partial charge in [-0.1, -0.05) is 43.0 Å². The molecule has 2 N–H and O–H groups in total. The van der Waals surface area contributed by atoms with E-state index in [9.17, 15) is 4.79 Å². The third-order valence-electron chi connectivity index (χ3n) is 5.01. The summed E-state index contributed by atoms with van der Waals surface area (Å²) in [4.78, 5) is 15.2. The SMILES string of the molecule is Cl.N[C@@H]1CCN(C(=O)C2(c3cccc(Cl)c3)CCCCC2)C1. The van der Waals surface area contributed by atoms with Crippen molar-refractivity contribution in [2.24, 2.45) is 5.73 Å². The van der Waals surface area contributed by atoms with Crippen molar-refractivity contribution in [3.8, 4) is 0 Å². The van der Waals surface area contributed by atoms with Crippen molar-refractivity contribution in [1.82, 2.24) is 4.90 Å². The van der Waals surface area contributed by atoms with Crippen LogP contribution in [0.1, 0.15) is 44.1 Å². The zero-order chi connectivity index (χ0) is 14.9. The van der Waals surface area contributed by atoms with E-state index in [-0.39, 0.29) is 29.8 Å². The Morgan fingerprint density at radius 1 is 1.27 bits per heavy atom. The van der Waals surface area contributed by atoms with Gasteiger partial charge in [0, 0.05) is 24.2 Å². The molecule has 3 nitrogen and oxygen atoms in total. The van der Waals surface area contributed by atoms with Gasteiger partial charge in [-0.2, -0.15) is 0 Å². The van der Waals surface area contributed by atoms with Crippen LogP contribution in [0.4, 0.5) is 0 Å². The van der Waals surface area contributed by atoms with Gasteiger partial charge in [0.2, 0.25) is 5.91 Å². The molecule has 1 saturated heterocycles. The number of amides is 1. The van der Waals surface area contributed by atoms with Gasteiger partial charge >= 0.3 is 0 Å². The van der Waals surface area contributed by atoms with Crippen molar-refractivity contribution in [2.75, 3.05) is 13.1 Å². The van der Waals surface area contributed by atoms with Gasteiger partial charge in [0.1, 0.15) is 0 Å². The second-order valence-corrected chi connectivity index (χ2v) is 6.89. The van der Waals surface area contributed by atoms with Crippen LogP contribution in [-0.4, -0.2) is 29.9 Å². The molecule has 1 atom stereocenters. The molecule has 1 aromatic carbocycles. The number of benzene rings is 1. The lowest BCUT2D eigenvalue weighted by molar-refractivity contribution is -0.137. The van der Waals surface area contributed by atoms with E-state index >= 15 is 0 Å². The Bertz CT molecular complexity index is 529. The van der Waals surface area contributed by atoms with Crippen molar-refractivity contribution >= 4 is 29.9 Å². The van der Waals surface area contributed by atoms with Crippen LogP contribution in [0.3, 0.4) is 0 Å². The van der Waals surface area contributed by atoms with E-state index in [0.717, 1.165) is 44.2 Å². The summed E-state index contributed by atoms with van der Waals surface area (Å²) in [7, 11) is 0. The molecule has 22 heavy (non-hydrogen) atoms. The number of nitrogens with two attached hydrogens (primary N) is 1. The number of rotatable bonds is 2. The van der Waals surface area contributed by atoms with Crippen LogP contribution in [0.15, 0.2) is 24.3 Å². The van der Waals surface area contributed by atoms with E-state index in [1.165, 1.54) is 6.42 Å². The highest BCUT2D eigenvalue weighted by Crippen LogP contribution is 2.42. The third kappa shape index (κ3) is 3.27. The molecule has 122 valence electrons. The summed E-state index contributed by atoms with van der Waals surface area (Å²) in [6, 6.07) is 8.00. The predicted molar refractivity (Wildman–Crippen MR) is 92.6 cm³/mol. The Kier molecular flexibility index (Phi) is 5.76. The summed E-state index contributed by atoms with van der Waals surface area (Å²) < 4.78 is 0. The van der Waals surface area contributed by atoms with Gasteiger partial charge < -0.3 is 10.6 Å². The summed E-state index contributed by atoms with van der Waals surface area (Å²) >= 11 is 6.17. The molecule has 0 radical (unpaired) electrons. The molecule has 1 heterocycles. The van der Waals surface area contributed by atoms with E-state index in [4.69, 9.17) is 17.3 Å². The predicted octanol–water partition coefficient (Wildman–Crippen LogP) is 3.52. The fraction of sp³-hybridized carbons (Fsp3) is 0.588. The lowest BCUT2D eigenvalue weighted by Gasteiger charge is -2.39. The summed E-state index contributed by atoms with van der Waals surface area (Å²) in [5.41, 5.74) is 6.69. The molecule has 5 heteroatoms. The monoisotopic (exact) mass is 342 g/mol. The molecule has 0 aromatic heterocycles. The normalized spacial score (nSPS) is 23.9. The van der Waals surface area contributed by atoms with E-state index in [1.54, 1.807) is 0 Å². The molecule has 0 spiro atoms. The first-order valence-corrected chi connectivity index (χ1v) is 8.31. The number of nitrogens with zero attached hydrogens (tertiary/aromatic N) is 1. The van der Waals surface area contributed by atoms with Crippen molar-refractivity contribution in [1.29, 1.82) is 0 Å². The number of hydrogen-bond acceptors (Lipinski definition) is 2. The van der Waals surface area contributed by atoms with Gasteiger partial charge in [-0.15, -0.1) is 12.4 Å².